The van der Waals surface area contributed by atoms with Crippen molar-refractivity contribution in [2.24, 2.45) is 0 Å². The van der Waals surface area contributed by atoms with Crippen LogP contribution in [0, 0.1) is 10.1 Å². The molecule has 3 aromatic rings. The fourth-order valence-corrected chi connectivity index (χ4v) is 6.46. The zero-order valence-corrected chi connectivity index (χ0v) is 24.9. The zero-order chi connectivity index (χ0) is 29.6. The highest BCUT2D eigenvalue weighted by molar-refractivity contribution is 9.10. The lowest BCUT2D eigenvalue weighted by Crippen LogP contribution is -2.52. The van der Waals surface area contributed by atoms with Crippen molar-refractivity contribution in [3.63, 3.8) is 0 Å². The van der Waals surface area contributed by atoms with Gasteiger partial charge in [0.1, 0.15) is 12.6 Å². The maximum Gasteiger partial charge on any atom is 0.271 e. The molecule has 0 aromatic heterocycles. The first-order valence-corrected chi connectivity index (χ1v) is 15.5. The van der Waals surface area contributed by atoms with E-state index in [-0.39, 0.29) is 34.8 Å². The number of carbonyl (C=O) groups excluding carboxylic acids is 2. The van der Waals surface area contributed by atoms with Gasteiger partial charge in [0.05, 0.1) is 15.5 Å². The number of sulfonamides is 1. The second-order valence-corrected chi connectivity index (χ2v) is 12.7. The number of non-ortho nitro benzene ring substituents is 1. The molecular weight excluding hydrogens is 612 g/mol. The third kappa shape index (κ3) is 7.50. The molecule has 1 N–H and O–H groups in total. The van der Waals surface area contributed by atoms with E-state index in [2.05, 4.69) is 21.2 Å². The summed E-state index contributed by atoms with van der Waals surface area (Å²) in [5.41, 5.74) is 0.386. The summed E-state index contributed by atoms with van der Waals surface area (Å²) in [4.78, 5) is 39.3. The maximum absolute atomic E-state index is 14.0. The number of rotatable bonds is 11. The van der Waals surface area contributed by atoms with Crippen molar-refractivity contribution in [1.82, 2.24) is 10.2 Å². The first-order valence-electron chi connectivity index (χ1n) is 13.2. The second-order valence-electron chi connectivity index (χ2n) is 9.92. The molecule has 216 valence electrons. The molecular formula is C29H31BrN4O6S. The lowest BCUT2D eigenvalue weighted by atomic mass is 10.1. The van der Waals surface area contributed by atoms with Crippen LogP contribution in [0.25, 0.3) is 0 Å². The number of nitrogens with one attached hydrogen (secondary N) is 1. The summed E-state index contributed by atoms with van der Waals surface area (Å²) in [6.07, 6.45) is 3.79. The second kappa shape index (κ2) is 13.3. The van der Waals surface area contributed by atoms with E-state index in [1.54, 1.807) is 25.1 Å². The summed E-state index contributed by atoms with van der Waals surface area (Å²) in [5, 5.41) is 14.5. The molecule has 0 radical (unpaired) electrons. The summed E-state index contributed by atoms with van der Waals surface area (Å²) in [6.45, 7) is 1.000. The molecule has 3 aromatic carbocycles. The molecule has 41 heavy (non-hydrogen) atoms. The van der Waals surface area contributed by atoms with Gasteiger partial charge in [0.2, 0.25) is 11.8 Å². The van der Waals surface area contributed by atoms with E-state index in [0.717, 1.165) is 46.1 Å². The fourth-order valence-electron chi connectivity index (χ4n) is 4.77. The van der Waals surface area contributed by atoms with E-state index >= 15 is 0 Å². The maximum atomic E-state index is 14.0. The number of nitro benzene ring substituents is 1. The molecule has 1 unspecified atom stereocenters. The van der Waals surface area contributed by atoms with Gasteiger partial charge in [0, 0.05) is 29.2 Å². The van der Waals surface area contributed by atoms with Crippen LogP contribution in [-0.4, -0.2) is 48.7 Å². The standard InChI is InChI=1S/C29H31BrN4O6S/c1-21(29(36)31-24-8-5-6-9-24)32(19-22-14-16-23(30)17-15-22)28(35)20-33(25-10-7-11-26(18-25)34(37)38)41(39,40)27-12-3-2-4-13-27/h2-4,7,10-18,21,24H,5-6,8-9,19-20H2,1H3,(H,31,36). The Hall–Kier alpha value is -3.77. The fraction of sp³-hybridized carbons (Fsp3) is 0.310. The van der Waals surface area contributed by atoms with Crippen LogP contribution >= 0.6 is 15.9 Å². The highest BCUT2D eigenvalue weighted by Gasteiger charge is 2.33. The Bertz CT molecular complexity index is 1500. The Morgan fingerprint density at radius 2 is 1.68 bits per heavy atom. The van der Waals surface area contributed by atoms with Gasteiger partial charge in [-0.05, 0) is 55.7 Å². The topological polar surface area (TPSA) is 130 Å². The molecule has 0 saturated heterocycles. The number of hydrogen-bond acceptors (Lipinski definition) is 6. The molecule has 0 bridgehead atoms. The molecule has 2 amide bonds. The van der Waals surface area contributed by atoms with E-state index in [4.69, 9.17) is 0 Å². The lowest BCUT2D eigenvalue weighted by Gasteiger charge is -2.32. The summed E-state index contributed by atoms with van der Waals surface area (Å²) in [7, 11) is -4.31. The quantitative estimate of drug-likeness (QED) is 0.231. The molecule has 10 nitrogen and oxygen atoms in total. The van der Waals surface area contributed by atoms with Crippen molar-refractivity contribution < 1.29 is 22.9 Å². The first kappa shape index (κ1) is 30.2. The molecule has 1 atom stereocenters. The number of hydrogen-bond donors (Lipinski definition) is 1. The Morgan fingerprint density at radius 3 is 2.32 bits per heavy atom. The van der Waals surface area contributed by atoms with Gasteiger partial charge in [-0.3, -0.25) is 24.0 Å². The summed E-state index contributed by atoms with van der Waals surface area (Å²) in [5.74, 6) is -0.955. The number of halogens is 1. The first-order chi connectivity index (χ1) is 19.6. The van der Waals surface area contributed by atoms with Crippen LogP contribution in [0.2, 0.25) is 0 Å². The predicted octanol–water partition coefficient (Wildman–Crippen LogP) is 5.03. The van der Waals surface area contributed by atoms with E-state index in [1.807, 2.05) is 24.3 Å². The van der Waals surface area contributed by atoms with Gasteiger partial charge in [-0.2, -0.15) is 0 Å². The smallest absolute Gasteiger partial charge is 0.271 e. The van der Waals surface area contributed by atoms with Crippen molar-refractivity contribution in [2.75, 3.05) is 10.8 Å². The molecule has 12 heteroatoms. The highest BCUT2D eigenvalue weighted by Crippen LogP contribution is 2.28. The Labute approximate surface area is 247 Å². The highest BCUT2D eigenvalue weighted by atomic mass is 79.9. The zero-order valence-electron chi connectivity index (χ0n) is 22.5. The van der Waals surface area contributed by atoms with Crippen molar-refractivity contribution in [3.05, 3.63) is 99.0 Å². The molecule has 0 aliphatic heterocycles. The van der Waals surface area contributed by atoms with Gasteiger partial charge >= 0.3 is 0 Å². The number of nitrogens with zero attached hydrogens (tertiary/aromatic N) is 3. The van der Waals surface area contributed by atoms with Gasteiger partial charge in [-0.25, -0.2) is 8.42 Å². The minimum atomic E-state index is -4.31. The van der Waals surface area contributed by atoms with Crippen molar-refractivity contribution in [2.45, 2.75) is 56.1 Å². The molecule has 1 fully saturated rings. The molecule has 1 aliphatic rings. The minimum Gasteiger partial charge on any atom is -0.352 e. The number of carbonyl (C=O) groups is 2. The molecule has 1 saturated carbocycles. The number of anilines is 1. The normalized spacial score (nSPS) is 14.3. The van der Waals surface area contributed by atoms with Crippen molar-refractivity contribution >= 4 is 49.1 Å². The van der Waals surface area contributed by atoms with Crippen LogP contribution in [0.1, 0.15) is 38.2 Å². The molecule has 4 rings (SSSR count). The van der Waals surface area contributed by atoms with Crippen LogP contribution in [0.3, 0.4) is 0 Å². The van der Waals surface area contributed by atoms with E-state index in [9.17, 15) is 28.1 Å². The SMILES string of the molecule is CC(C(=O)NC1CCCC1)N(Cc1ccc(Br)cc1)C(=O)CN(c1cccc([N+](=O)[O-])c1)S(=O)(=O)c1ccccc1. The average Bonchev–Trinajstić information content (AvgIpc) is 3.48. The van der Waals surface area contributed by atoms with Gasteiger partial charge in [0.15, 0.2) is 0 Å². The summed E-state index contributed by atoms with van der Waals surface area (Å²) in [6, 6.07) is 19.0. The predicted molar refractivity (Wildman–Crippen MR) is 159 cm³/mol. The van der Waals surface area contributed by atoms with Crippen LogP contribution in [0.15, 0.2) is 88.2 Å². The Morgan fingerprint density at radius 1 is 1.02 bits per heavy atom. The van der Waals surface area contributed by atoms with E-state index < -0.39 is 33.4 Å². The van der Waals surface area contributed by atoms with Gasteiger partial charge in [-0.1, -0.05) is 65.2 Å². The third-order valence-corrected chi connectivity index (χ3v) is 9.39. The summed E-state index contributed by atoms with van der Waals surface area (Å²) >= 11 is 3.39. The van der Waals surface area contributed by atoms with Crippen LogP contribution in [-0.2, 0) is 26.2 Å². The van der Waals surface area contributed by atoms with Crippen molar-refractivity contribution in [1.29, 1.82) is 0 Å². The summed E-state index contributed by atoms with van der Waals surface area (Å²) < 4.78 is 29.3. The van der Waals surface area contributed by atoms with E-state index in [1.165, 1.54) is 35.2 Å². The average molecular weight is 644 g/mol. The monoisotopic (exact) mass is 642 g/mol. The van der Waals surface area contributed by atoms with Crippen LogP contribution < -0.4 is 9.62 Å². The van der Waals surface area contributed by atoms with Gasteiger partial charge < -0.3 is 10.2 Å². The van der Waals surface area contributed by atoms with Gasteiger partial charge in [-0.15, -0.1) is 0 Å². The number of amides is 2. The third-order valence-electron chi connectivity index (χ3n) is 7.07. The number of benzene rings is 3. The van der Waals surface area contributed by atoms with Crippen LogP contribution in [0.5, 0.6) is 0 Å². The lowest BCUT2D eigenvalue weighted by molar-refractivity contribution is -0.384. The molecule has 1 aliphatic carbocycles. The Balaban J connectivity index is 1.70. The minimum absolute atomic E-state index is 0.0365. The number of nitro groups is 1. The van der Waals surface area contributed by atoms with E-state index in [0.29, 0.717) is 0 Å². The molecule has 0 spiro atoms. The van der Waals surface area contributed by atoms with Crippen LogP contribution in [0.4, 0.5) is 11.4 Å². The Kier molecular flexibility index (Phi) is 9.77. The largest absolute Gasteiger partial charge is 0.352 e. The van der Waals surface area contributed by atoms with Crippen molar-refractivity contribution in [3.8, 4) is 0 Å². The molecule has 0 heterocycles. The van der Waals surface area contributed by atoms with Gasteiger partial charge in [0.25, 0.3) is 15.7 Å².